The van der Waals surface area contributed by atoms with Crippen LogP contribution in [-0.4, -0.2) is 28.3 Å². The summed E-state index contributed by atoms with van der Waals surface area (Å²) in [7, 11) is 0. The zero-order valence-electron chi connectivity index (χ0n) is 9.12. The standard InChI is InChI=1S/C11H14ClNO3/c1-11(2,6-14)13-9-5-7(10(15)16)3-4-8(9)12/h3-5,13-14H,6H2,1-2H3,(H,15,16). The summed E-state index contributed by atoms with van der Waals surface area (Å²) in [5, 5.41) is 21.3. The van der Waals surface area contributed by atoms with Crippen LogP contribution >= 0.6 is 11.6 Å². The highest BCUT2D eigenvalue weighted by atomic mass is 35.5. The molecule has 5 heteroatoms. The van der Waals surface area contributed by atoms with Gasteiger partial charge in [0.05, 0.1) is 28.4 Å². The summed E-state index contributed by atoms with van der Waals surface area (Å²) < 4.78 is 0. The van der Waals surface area contributed by atoms with Crippen LogP contribution in [0.5, 0.6) is 0 Å². The van der Waals surface area contributed by atoms with Crippen LogP contribution in [0.3, 0.4) is 0 Å². The third-order valence-corrected chi connectivity index (χ3v) is 2.41. The highest BCUT2D eigenvalue weighted by Crippen LogP contribution is 2.26. The SMILES string of the molecule is CC(C)(CO)Nc1cc(C(=O)O)ccc1Cl. The van der Waals surface area contributed by atoms with Gasteiger partial charge in [-0.1, -0.05) is 11.6 Å². The first-order valence-electron chi connectivity index (χ1n) is 4.77. The minimum Gasteiger partial charge on any atom is -0.478 e. The number of nitrogens with one attached hydrogen (secondary N) is 1. The van der Waals surface area contributed by atoms with Gasteiger partial charge < -0.3 is 15.5 Å². The molecule has 0 aliphatic carbocycles. The van der Waals surface area contributed by atoms with Gasteiger partial charge in [0.15, 0.2) is 0 Å². The summed E-state index contributed by atoms with van der Waals surface area (Å²) in [5.41, 5.74) is 0.0991. The first-order chi connectivity index (χ1) is 7.35. The van der Waals surface area contributed by atoms with Crippen molar-refractivity contribution in [2.45, 2.75) is 19.4 Å². The van der Waals surface area contributed by atoms with Gasteiger partial charge in [-0.2, -0.15) is 0 Å². The lowest BCUT2D eigenvalue weighted by Crippen LogP contribution is -2.35. The van der Waals surface area contributed by atoms with E-state index >= 15 is 0 Å². The van der Waals surface area contributed by atoms with Crippen LogP contribution < -0.4 is 5.32 Å². The quantitative estimate of drug-likeness (QED) is 0.759. The molecule has 0 heterocycles. The predicted octanol–water partition coefficient (Wildman–Crippen LogP) is 2.22. The highest BCUT2D eigenvalue weighted by molar-refractivity contribution is 6.33. The molecule has 88 valence electrons. The van der Waals surface area contributed by atoms with Crippen molar-refractivity contribution in [2.75, 3.05) is 11.9 Å². The lowest BCUT2D eigenvalue weighted by molar-refractivity contribution is 0.0697. The Morgan fingerprint density at radius 3 is 2.62 bits per heavy atom. The van der Waals surface area contributed by atoms with Gasteiger partial charge in [-0.15, -0.1) is 0 Å². The number of aliphatic hydroxyl groups is 1. The molecule has 0 spiro atoms. The van der Waals surface area contributed by atoms with Gasteiger partial charge in [-0.05, 0) is 32.0 Å². The van der Waals surface area contributed by atoms with Crippen molar-refractivity contribution in [3.63, 3.8) is 0 Å². The Balaban J connectivity index is 3.03. The minimum absolute atomic E-state index is 0.0827. The summed E-state index contributed by atoms with van der Waals surface area (Å²) in [4.78, 5) is 10.8. The van der Waals surface area contributed by atoms with Crippen molar-refractivity contribution in [2.24, 2.45) is 0 Å². The largest absolute Gasteiger partial charge is 0.478 e. The summed E-state index contributed by atoms with van der Waals surface area (Å²) >= 11 is 5.93. The molecule has 1 aromatic carbocycles. The number of rotatable bonds is 4. The fourth-order valence-electron chi connectivity index (χ4n) is 1.16. The molecule has 0 aliphatic heterocycles. The van der Waals surface area contributed by atoms with Crippen LogP contribution in [0.4, 0.5) is 5.69 Å². The molecule has 0 aromatic heterocycles. The lowest BCUT2D eigenvalue weighted by atomic mass is 10.1. The van der Waals surface area contributed by atoms with E-state index in [1.807, 2.05) is 0 Å². The van der Waals surface area contributed by atoms with Crippen molar-refractivity contribution >= 4 is 23.3 Å². The van der Waals surface area contributed by atoms with E-state index in [1.54, 1.807) is 13.8 Å². The molecule has 4 nitrogen and oxygen atoms in total. The Morgan fingerprint density at radius 1 is 1.50 bits per heavy atom. The number of hydrogen-bond donors (Lipinski definition) is 3. The van der Waals surface area contributed by atoms with Crippen molar-refractivity contribution < 1.29 is 15.0 Å². The number of carboxylic acid groups (broad SMARTS) is 1. The second-order valence-corrected chi connectivity index (χ2v) is 4.57. The monoisotopic (exact) mass is 243 g/mol. The molecule has 0 saturated heterocycles. The number of carboxylic acids is 1. The first kappa shape index (κ1) is 12.8. The molecular formula is C11H14ClNO3. The molecule has 0 fully saturated rings. The van der Waals surface area contributed by atoms with Gasteiger partial charge in [0.1, 0.15) is 0 Å². The molecule has 1 rings (SSSR count). The van der Waals surface area contributed by atoms with Gasteiger partial charge in [-0.25, -0.2) is 4.79 Å². The second kappa shape index (κ2) is 4.72. The Labute approximate surface area is 98.9 Å². The van der Waals surface area contributed by atoms with E-state index in [4.69, 9.17) is 21.8 Å². The van der Waals surface area contributed by atoms with Gasteiger partial charge in [-0.3, -0.25) is 0 Å². The van der Waals surface area contributed by atoms with Crippen molar-refractivity contribution in [3.8, 4) is 0 Å². The smallest absolute Gasteiger partial charge is 0.335 e. The number of aliphatic hydroxyl groups excluding tert-OH is 1. The Hall–Kier alpha value is -1.26. The molecular weight excluding hydrogens is 230 g/mol. The molecule has 0 radical (unpaired) electrons. The van der Waals surface area contributed by atoms with Crippen LogP contribution in [-0.2, 0) is 0 Å². The second-order valence-electron chi connectivity index (χ2n) is 4.17. The van der Waals surface area contributed by atoms with Gasteiger partial charge in [0.25, 0.3) is 0 Å². The van der Waals surface area contributed by atoms with Crippen molar-refractivity contribution in [3.05, 3.63) is 28.8 Å². The summed E-state index contributed by atoms with van der Waals surface area (Å²) in [6.07, 6.45) is 0. The van der Waals surface area contributed by atoms with E-state index in [2.05, 4.69) is 5.32 Å². The number of benzene rings is 1. The Bertz CT molecular complexity index is 404. The third kappa shape index (κ3) is 3.12. The van der Waals surface area contributed by atoms with Crippen molar-refractivity contribution in [1.29, 1.82) is 0 Å². The van der Waals surface area contributed by atoms with E-state index < -0.39 is 11.5 Å². The zero-order chi connectivity index (χ0) is 12.3. The van der Waals surface area contributed by atoms with Gasteiger partial charge in [0.2, 0.25) is 0 Å². The lowest BCUT2D eigenvalue weighted by Gasteiger charge is -2.25. The minimum atomic E-state index is -1.01. The van der Waals surface area contributed by atoms with Gasteiger partial charge >= 0.3 is 5.97 Å². The topological polar surface area (TPSA) is 69.6 Å². The third-order valence-electron chi connectivity index (χ3n) is 2.08. The van der Waals surface area contributed by atoms with Crippen LogP contribution in [0, 0.1) is 0 Å². The average Bonchev–Trinajstić information content (AvgIpc) is 2.21. The fourth-order valence-corrected chi connectivity index (χ4v) is 1.32. The van der Waals surface area contributed by atoms with Crippen LogP contribution in [0.1, 0.15) is 24.2 Å². The van der Waals surface area contributed by atoms with Crippen LogP contribution in [0.15, 0.2) is 18.2 Å². The number of halogens is 1. The molecule has 0 aliphatic rings. The maximum atomic E-state index is 10.8. The zero-order valence-corrected chi connectivity index (χ0v) is 9.88. The number of anilines is 1. The molecule has 16 heavy (non-hydrogen) atoms. The first-order valence-corrected chi connectivity index (χ1v) is 5.15. The molecule has 3 N–H and O–H groups in total. The maximum Gasteiger partial charge on any atom is 0.335 e. The molecule has 0 bridgehead atoms. The molecule has 0 amide bonds. The highest BCUT2D eigenvalue weighted by Gasteiger charge is 2.18. The number of carbonyl (C=O) groups is 1. The maximum absolute atomic E-state index is 10.8. The molecule has 0 unspecified atom stereocenters. The van der Waals surface area contributed by atoms with E-state index in [9.17, 15) is 4.79 Å². The van der Waals surface area contributed by atoms with Crippen molar-refractivity contribution in [1.82, 2.24) is 0 Å². The summed E-state index contributed by atoms with van der Waals surface area (Å²) in [6, 6.07) is 4.39. The van der Waals surface area contributed by atoms with Crippen LogP contribution in [0.25, 0.3) is 0 Å². The fraction of sp³-hybridized carbons (Fsp3) is 0.364. The van der Waals surface area contributed by atoms with Crippen LogP contribution in [0.2, 0.25) is 5.02 Å². The van der Waals surface area contributed by atoms with E-state index in [0.717, 1.165) is 0 Å². The molecule has 0 atom stereocenters. The van der Waals surface area contributed by atoms with E-state index in [1.165, 1.54) is 18.2 Å². The predicted molar refractivity (Wildman–Crippen MR) is 63.2 cm³/mol. The van der Waals surface area contributed by atoms with E-state index in [0.29, 0.717) is 10.7 Å². The van der Waals surface area contributed by atoms with Gasteiger partial charge in [0, 0.05) is 0 Å². The summed E-state index contributed by atoms with van der Waals surface area (Å²) in [5.74, 6) is -1.01. The average molecular weight is 244 g/mol. The Morgan fingerprint density at radius 2 is 2.12 bits per heavy atom. The number of hydrogen-bond acceptors (Lipinski definition) is 3. The molecule has 0 saturated carbocycles. The summed E-state index contributed by atoms with van der Waals surface area (Å²) in [6.45, 7) is 3.49. The normalized spacial score (nSPS) is 11.2. The number of aromatic carboxylic acids is 1. The Kier molecular flexibility index (Phi) is 3.78. The van der Waals surface area contributed by atoms with E-state index in [-0.39, 0.29) is 12.2 Å². The molecule has 1 aromatic rings.